The van der Waals surface area contributed by atoms with Gasteiger partial charge >= 0.3 is 12.0 Å². The van der Waals surface area contributed by atoms with Crippen LogP contribution >= 0.6 is 0 Å². The van der Waals surface area contributed by atoms with Crippen molar-refractivity contribution in [3.05, 3.63) is 0 Å². The zero-order valence-electron chi connectivity index (χ0n) is 11.9. The van der Waals surface area contributed by atoms with Gasteiger partial charge < -0.3 is 15.3 Å². The molecule has 0 saturated carbocycles. The number of aliphatic carboxylic acids is 1. The Balaban J connectivity index is 2.87. The maximum absolute atomic E-state index is 12.2. The van der Waals surface area contributed by atoms with Gasteiger partial charge in [-0.15, -0.1) is 0 Å². The maximum atomic E-state index is 12.2. The Kier molecular flexibility index (Phi) is 4.07. The largest absolute Gasteiger partial charge is 0.481 e. The van der Waals surface area contributed by atoms with Crippen molar-refractivity contribution in [2.24, 2.45) is 0 Å². The van der Waals surface area contributed by atoms with Gasteiger partial charge in [-0.05, 0) is 27.7 Å². The molecule has 0 radical (unpaired) electrons. The average molecular weight is 285 g/mol. The third-order valence-electron chi connectivity index (χ3n) is 3.07. The molecule has 0 aromatic carbocycles. The fourth-order valence-electron chi connectivity index (χ4n) is 1.89. The summed E-state index contributed by atoms with van der Waals surface area (Å²) in [6, 6.07) is -0.649. The number of carbonyl (C=O) groups is 4. The Morgan fingerprint density at radius 1 is 1.40 bits per heavy atom. The first-order valence-corrected chi connectivity index (χ1v) is 6.11. The fourth-order valence-corrected chi connectivity index (χ4v) is 1.89. The summed E-state index contributed by atoms with van der Waals surface area (Å²) in [6.45, 7) is 5.88. The number of rotatable bonds is 3. The molecule has 1 heterocycles. The van der Waals surface area contributed by atoms with E-state index in [1.165, 1.54) is 13.8 Å². The maximum Gasteiger partial charge on any atom is 0.319 e. The van der Waals surface area contributed by atoms with E-state index in [0.29, 0.717) is 0 Å². The van der Waals surface area contributed by atoms with Crippen LogP contribution in [0, 0.1) is 0 Å². The quantitative estimate of drug-likeness (QED) is 0.615. The molecule has 112 valence electrons. The van der Waals surface area contributed by atoms with E-state index in [0.717, 1.165) is 4.90 Å². The van der Waals surface area contributed by atoms with Gasteiger partial charge in [0.15, 0.2) is 0 Å². The molecule has 4 amide bonds. The van der Waals surface area contributed by atoms with E-state index in [9.17, 15) is 19.2 Å². The Bertz CT molecular complexity index is 470. The molecule has 20 heavy (non-hydrogen) atoms. The van der Waals surface area contributed by atoms with E-state index in [1.807, 2.05) is 0 Å². The van der Waals surface area contributed by atoms with E-state index in [4.69, 9.17) is 5.11 Å². The third-order valence-corrected chi connectivity index (χ3v) is 3.07. The first-order valence-electron chi connectivity index (χ1n) is 6.11. The molecule has 8 nitrogen and oxygen atoms in total. The summed E-state index contributed by atoms with van der Waals surface area (Å²) in [5, 5.41) is 13.5. The number of urea groups is 1. The number of piperazine rings is 1. The van der Waals surface area contributed by atoms with Crippen molar-refractivity contribution in [2.45, 2.75) is 45.2 Å². The number of hydrogen-bond acceptors (Lipinski definition) is 4. The van der Waals surface area contributed by atoms with Crippen LogP contribution in [0.3, 0.4) is 0 Å². The Labute approximate surface area is 116 Å². The van der Waals surface area contributed by atoms with E-state index in [2.05, 4.69) is 10.6 Å². The van der Waals surface area contributed by atoms with Crippen LogP contribution in [-0.2, 0) is 14.4 Å². The van der Waals surface area contributed by atoms with Crippen LogP contribution < -0.4 is 10.6 Å². The second kappa shape index (κ2) is 5.10. The molecule has 1 saturated heterocycles. The average Bonchev–Trinajstić information content (AvgIpc) is 2.20. The number of carbonyl (C=O) groups excluding carboxylic acids is 3. The predicted octanol–water partition coefficient (Wildman–Crippen LogP) is -0.314. The number of hydrogen-bond donors (Lipinski definition) is 3. The number of imide groups is 1. The standard InChI is InChI=1S/C12H19N3O5/c1-11(2,5-8(17)18)14-10(20)15-6-7(16)13-9(19)12(15,3)4/h5-6H2,1-4H3,(H,14,20)(H,17,18)(H,13,16,19). The summed E-state index contributed by atoms with van der Waals surface area (Å²) in [5.74, 6) is -2.19. The number of nitrogens with zero attached hydrogens (tertiary/aromatic N) is 1. The number of carboxylic acid groups (broad SMARTS) is 1. The van der Waals surface area contributed by atoms with Gasteiger partial charge in [0, 0.05) is 5.54 Å². The SMILES string of the molecule is CC(C)(CC(=O)O)NC(=O)N1CC(=O)NC(=O)C1(C)C. The summed E-state index contributed by atoms with van der Waals surface area (Å²) >= 11 is 0. The molecule has 0 bridgehead atoms. The van der Waals surface area contributed by atoms with Gasteiger partial charge in [-0.2, -0.15) is 0 Å². The summed E-state index contributed by atoms with van der Waals surface area (Å²) in [7, 11) is 0. The topological polar surface area (TPSA) is 116 Å². The van der Waals surface area contributed by atoms with E-state index >= 15 is 0 Å². The van der Waals surface area contributed by atoms with Crippen LogP contribution in [0.2, 0.25) is 0 Å². The summed E-state index contributed by atoms with van der Waals surface area (Å²) in [5.41, 5.74) is -2.17. The molecule has 0 aromatic rings. The van der Waals surface area contributed by atoms with Gasteiger partial charge in [0.2, 0.25) is 5.91 Å². The normalized spacial score (nSPS) is 18.5. The van der Waals surface area contributed by atoms with Crippen LogP contribution in [0.4, 0.5) is 4.79 Å². The molecular formula is C12H19N3O5. The van der Waals surface area contributed by atoms with Crippen molar-refractivity contribution >= 4 is 23.8 Å². The third kappa shape index (κ3) is 3.46. The van der Waals surface area contributed by atoms with Crippen LogP contribution in [0.15, 0.2) is 0 Å². The first-order chi connectivity index (χ1) is 8.95. The number of carboxylic acids is 1. The van der Waals surface area contributed by atoms with Crippen LogP contribution in [0.25, 0.3) is 0 Å². The van der Waals surface area contributed by atoms with E-state index in [1.54, 1.807) is 13.8 Å². The molecule has 1 rings (SSSR count). The zero-order valence-corrected chi connectivity index (χ0v) is 11.9. The van der Waals surface area contributed by atoms with E-state index < -0.39 is 34.9 Å². The molecule has 1 aliphatic heterocycles. The highest BCUT2D eigenvalue weighted by molar-refractivity contribution is 6.06. The molecule has 0 atom stereocenters. The molecule has 0 unspecified atom stereocenters. The minimum Gasteiger partial charge on any atom is -0.481 e. The Hall–Kier alpha value is -2.12. The van der Waals surface area contributed by atoms with Crippen LogP contribution in [-0.4, -0.2) is 51.4 Å². The molecule has 3 N–H and O–H groups in total. The van der Waals surface area contributed by atoms with Gasteiger partial charge in [0.25, 0.3) is 5.91 Å². The monoisotopic (exact) mass is 285 g/mol. The smallest absolute Gasteiger partial charge is 0.319 e. The number of nitrogens with one attached hydrogen (secondary N) is 2. The second-order valence-corrected chi connectivity index (χ2v) is 5.91. The lowest BCUT2D eigenvalue weighted by Gasteiger charge is -2.41. The van der Waals surface area contributed by atoms with Gasteiger partial charge in [0.05, 0.1) is 6.42 Å². The van der Waals surface area contributed by atoms with Gasteiger partial charge in [-0.3, -0.25) is 19.7 Å². The first kappa shape index (κ1) is 15.9. The van der Waals surface area contributed by atoms with Crippen molar-refractivity contribution in [3.8, 4) is 0 Å². The van der Waals surface area contributed by atoms with Crippen molar-refractivity contribution in [1.82, 2.24) is 15.5 Å². The fraction of sp³-hybridized carbons (Fsp3) is 0.667. The minimum absolute atomic E-state index is 0.256. The summed E-state index contributed by atoms with van der Waals surface area (Å²) < 4.78 is 0. The molecule has 1 aliphatic rings. The minimum atomic E-state index is -1.18. The summed E-state index contributed by atoms with van der Waals surface area (Å²) in [6.07, 6.45) is -0.271. The lowest BCUT2D eigenvalue weighted by Crippen LogP contribution is -2.68. The number of amides is 4. The Morgan fingerprint density at radius 2 is 1.95 bits per heavy atom. The molecule has 0 spiro atoms. The zero-order chi connectivity index (χ0) is 15.7. The lowest BCUT2D eigenvalue weighted by atomic mass is 9.98. The van der Waals surface area contributed by atoms with E-state index in [-0.39, 0.29) is 13.0 Å². The highest BCUT2D eigenvalue weighted by Crippen LogP contribution is 2.19. The Morgan fingerprint density at radius 3 is 2.45 bits per heavy atom. The van der Waals surface area contributed by atoms with Crippen molar-refractivity contribution in [1.29, 1.82) is 0 Å². The summed E-state index contributed by atoms with van der Waals surface area (Å²) in [4.78, 5) is 47.1. The van der Waals surface area contributed by atoms with Gasteiger partial charge in [-0.1, -0.05) is 0 Å². The second-order valence-electron chi connectivity index (χ2n) is 5.91. The highest BCUT2D eigenvalue weighted by atomic mass is 16.4. The van der Waals surface area contributed by atoms with Gasteiger partial charge in [-0.25, -0.2) is 4.79 Å². The van der Waals surface area contributed by atoms with Crippen molar-refractivity contribution < 1.29 is 24.3 Å². The molecule has 0 aliphatic carbocycles. The molecule has 0 aromatic heterocycles. The van der Waals surface area contributed by atoms with Crippen LogP contribution in [0.5, 0.6) is 0 Å². The predicted molar refractivity (Wildman–Crippen MR) is 68.8 cm³/mol. The highest BCUT2D eigenvalue weighted by Gasteiger charge is 2.44. The van der Waals surface area contributed by atoms with Crippen molar-refractivity contribution in [3.63, 3.8) is 0 Å². The van der Waals surface area contributed by atoms with Crippen LogP contribution in [0.1, 0.15) is 34.1 Å². The molecular weight excluding hydrogens is 266 g/mol. The molecule has 1 fully saturated rings. The van der Waals surface area contributed by atoms with Gasteiger partial charge in [0.1, 0.15) is 12.1 Å². The molecule has 8 heteroatoms. The lowest BCUT2D eigenvalue weighted by molar-refractivity contribution is -0.143. The van der Waals surface area contributed by atoms with Crippen molar-refractivity contribution in [2.75, 3.05) is 6.54 Å².